The maximum Gasteiger partial charge on any atom is 0.256 e. The number of aromatic nitrogens is 1. The van der Waals surface area contributed by atoms with Gasteiger partial charge in [-0.15, -0.1) is 0 Å². The summed E-state index contributed by atoms with van der Waals surface area (Å²) in [5, 5.41) is 9.11. The number of benzene rings is 1. The predicted molar refractivity (Wildman–Crippen MR) is 134 cm³/mol. The van der Waals surface area contributed by atoms with E-state index in [1.54, 1.807) is 18.5 Å². The lowest BCUT2D eigenvalue weighted by Gasteiger charge is -2.43. The molecular weight excluding hydrogens is 471 g/mol. The first-order valence-electron chi connectivity index (χ1n) is 11.4. The molecule has 3 heterocycles. The monoisotopic (exact) mass is 500 g/mol. The van der Waals surface area contributed by atoms with E-state index < -0.39 is 5.82 Å². The van der Waals surface area contributed by atoms with Gasteiger partial charge in [0.15, 0.2) is 11.6 Å². The Bertz CT molecular complexity index is 1150. The average molecular weight is 501 g/mol. The molecule has 1 aromatic carbocycles. The number of thiocarbonyl (C=S) groups is 1. The number of nitrogens with zero attached hydrogens (tertiary/aromatic N) is 1. The van der Waals surface area contributed by atoms with E-state index in [0.717, 1.165) is 12.2 Å². The van der Waals surface area contributed by atoms with Gasteiger partial charge in [0, 0.05) is 42.4 Å². The summed E-state index contributed by atoms with van der Waals surface area (Å²) in [6, 6.07) is 6.33. The number of para-hydroxylation sites is 1. The Morgan fingerprint density at radius 3 is 2.91 bits per heavy atom. The topological polar surface area (TPSA) is 93.7 Å². The zero-order chi connectivity index (χ0) is 25.0. The van der Waals surface area contributed by atoms with Crippen LogP contribution in [0, 0.1) is 11.2 Å². The van der Waals surface area contributed by atoms with Gasteiger partial charge in [-0.25, -0.2) is 4.39 Å². The summed E-state index contributed by atoms with van der Waals surface area (Å²) in [6.45, 7) is 6.33. The zero-order valence-corrected chi connectivity index (χ0v) is 20.8. The molecule has 2 aromatic rings. The summed E-state index contributed by atoms with van der Waals surface area (Å²) in [6.07, 6.45) is 3.96. The maximum atomic E-state index is 14.1. The molecule has 8 nitrogen and oxygen atoms in total. The highest BCUT2D eigenvalue weighted by Gasteiger charge is 2.40. The van der Waals surface area contributed by atoms with Gasteiger partial charge in [0.05, 0.1) is 37.3 Å². The Kier molecular flexibility index (Phi) is 7.51. The maximum absolute atomic E-state index is 14.1. The molecule has 3 N–H and O–H groups in total. The summed E-state index contributed by atoms with van der Waals surface area (Å²) < 4.78 is 30.9. The van der Waals surface area contributed by atoms with E-state index in [0.29, 0.717) is 48.8 Å². The quantitative estimate of drug-likeness (QED) is 0.452. The van der Waals surface area contributed by atoms with Gasteiger partial charge in [-0.1, -0.05) is 32.1 Å². The lowest BCUT2D eigenvalue weighted by molar-refractivity contribution is -0.180. The smallest absolute Gasteiger partial charge is 0.256 e. The highest BCUT2D eigenvalue weighted by atomic mass is 32.1. The number of pyridine rings is 1. The molecular formula is C25H29FN4O4S. The predicted octanol–water partition coefficient (Wildman–Crippen LogP) is 3.34. The van der Waals surface area contributed by atoms with Crippen LogP contribution in [-0.2, 0) is 16.1 Å². The molecule has 0 saturated carbocycles. The van der Waals surface area contributed by atoms with Crippen molar-refractivity contribution in [3.8, 4) is 11.5 Å². The molecule has 186 valence electrons. The summed E-state index contributed by atoms with van der Waals surface area (Å²) in [5.41, 5.74) is 2.31. The lowest BCUT2D eigenvalue weighted by Crippen LogP contribution is -2.50. The number of ether oxygens (including phenoxy) is 3. The third-order valence-electron chi connectivity index (χ3n) is 6.12. The van der Waals surface area contributed by atoms with Crippen LogP contribution in [0.25, 0.3) is 0 Å². The number of nitrogens with one attached hydrogen (secondary N) is 3. The van der Waals surface area contributed by atoms with Crippen LogP contribution in [0.15, 0.2) is 47.9 Å². The minimum absolute atomic E-state index is 0.0263. The fraction of sp³-hybridized carbons (Fsp3) is 0.400. The van der Waals surface area contributed by atoms with Crippen molar-refractivity contribution in [2.24, 2.45) is 5.41 Å². The van der Waals surface area contributed by atoms with Crippen LogP contribution < -0.4 is 25.4 Å². The first kappa shape index (κ1) is 24.9. The van der Waals surface area contributed by atoms with Crippen molar-refractivity contribution in [2.45, 2.75) is 32.9 Å². The van der Waals surface area contributed by atoms with E-state index >= 15 is 0 Å². The third-order valence-corrected chi connectivity index (χ3v) is 6.42. The first-order chi connectivity index (χ1) is 16.8. The first-order valence-corrected chi connectivity index (χ1v) is 11.8. The standard InChI is InChI=1S/C25H29FN4O4S/c1-25(2)14-34-20(25)13-33-19-12-27-9-7-15(19)11-29-17-8-10-28-23(31)21(17)24(35)30-18-6-4-5-16(26)22(18)32-3/h4-7,9,12,20,29H,8,10-11,13-14H2,1-3H3,(H,28,31)(H,30,35). The van der Waals surface area contributed by atoms with Crippen LogP contribution in [0.5, 0.6) is 11.5 Å². The number of carbonyl (C=O) groups excluding carboxylic acids is 1. The fourth-order valence-corrected chi connectivity index (χ4v) is 4.25. The molecule has 1 unspecified atom stereocenters. The molecule has 0 spiro atoms. The van der Waals surface area contributed by atoms with Gasteiger partial charge in [0.2, 0.25) is 0 Å². The van der Waals surface area contributed by atoms with E-state index in [4.69, 9.17) is 26.4 Å². The molecule has 2 aliphatic heterocycles. The van der Waals surface area contributed by atoms with E-state index in [1.807, 2.05) is 6.07 Å². The van der Waals surface area contributed by atoms with Gasteiger partial charge >= 0.3 is 0 Å². The van der Waals surface area contributed by atoms with Crippen molar-refractivity contribution in [3.05, 3.63) is 59.3 Å². The van der Waals surface area contributed by atoms with Gasteiger partial charge in [-0.05, 0) is 18.2 Å². The SMILES string of the molecule is COc1c(F)cccc1NC(=S)C1=C(NCc2ccncc2OCC2OCC2(C)C)CCNC1=O. The van der Waals surface area contributed by atoms with E-state index in [-0.39, 0.29) is 28.2 Å². The molecule has 2 aliphatic rings. The minimum atomic E-state index is -0.526. The summed E-state index contributed by atoms with van der Waals surface area (Å²) in [5.74, 6) is -0.152. The average Bonchev–Trinajstić information content (AvgIpc) is 2.83. The summed E-state index contributed by atoms with van der Waals surface area (Å²) >= 11 is 5.53. The molecule has 1 saturated heterocycles. The van der Waals surface area contributed by atoms with Crippen molar-refractivity contribution >= 4 is 28.8 Å². The number of hydrogen-bond acceptors (Lipinski definition) is 7. The zero-order valence-electron chi connectivity index (χ0n) is 19.9. The second kappa shape index (κ2) is 10.6. The summed E-state index contributed by atoms with van der Waals surface area (Å²) in [4.78, 5) is 17.1. The number of methoxy groups -OCH3 is 1. The Balaban J connectivity index is 1.49. The molecule has 1 aromatic heterocycles. The van der Waals surface area contributed by atoms with Crippen LogP contribution >= 0.6 is 12.2 Å². The highest BCUT2D eigenvalue weighted by Crippen LogP contribution is 2.34. The Labute approximate surface area is 209 Å². The van der Waals surface area contributed by atoms with E-state index in [9.17, 15) is 9.18 Å². The van der Waals surface area contributed by atoms with Gasteiger partial charge in [0.1, 0.15) is 17.3 Å². The number of anilines is 1. The number of carbonyl (C=O) groups is 1. The molecule has 0 aliphatic carbocycles. The molecule has 10 heteroatoms. The van der Waals surface area contributed by atoms with Crippen molar-refractivity contribution in [1.82, 2.24) is 15.6 Å². The lowest BCUT2D eigenvalue weighted by atomic mass is 9.83. The number of hydrogen-bond donors (Lipinski definition) is 3. The van der Waals surface area contributed by atoms with E-state index in [2.05, 4.69) is 34.8 Å². The minimum Gasteiger partial charge on any atom is -0.492 e. The number of halogens is 1. The van der Waals surface area contributed by atoms with Gasteiger partial charge < -0.3 is 30.2 Å². The Hall–Kier alpha value is -3.24. The van der Waals surface area contributed by atoms with Crippen molar-refractivity contribution in [3.63, 3.8) is 0 Å². The molecule has 35 heavy (non-hydrogen) atoms. The van der Waals surface area contributed by atoms with Crippen LogP contribution in [0.4, 0.5) is 10.1 Å². The second-order valence-corrected chi connectivity index (χ2v) is 9.48. The van der Waals surface area contributed by atoms with Gasteiger partial charge in [-0.2, -0.15) is 0 Å². The largest absolute Gasteiger partial charge is 0.492 e. The molecule has 1 fully saturated rings. The van der Waals surface area contributed by atoms with Crippen LogP contribution in [0.3, 0.4) is 0 Å². The molecule has 0 bridgehead atoms. The molecule has 1 atom stereocenters. The number of rotatable bonds is 9. The number of amides is 1. The van der Waals surface area contributed by atoms with Crippen LogP contribution in [-0.4, -0.2) is 48.9 Å². The fourth-order valence-electron chi connectivity index (χ4n) is 3.93. The third kappa shape index (κ3) is 5.54. The highest BCUT2D eigenvalue weighted by molar-refractivity contribution is 7.81. The van der Waals surface area contributed by atoms with Crippen molar-refractivity contribution in [1.29, 1.82) is 0 Å². The second-order valence-electron chi connectivity index (χ2n) is 9.07. The van der Waals surface area contributed by atoms with Gasteiger partial charge in [-0.3, -0.25) is 9.78 Å². The molecule has 4 rings (SSSR count). The Morgan fingerprint density at radius 1 is 1.37 bits per heavy atom. The van der Waals surface area contributed by atoms with E-state index in [1.165, 1.54) is 19.2 Å². The molecule has 0 radical (unpaired) electrons. The Morgan fingerprint density at radius 2 is 2.20 bits per heavy atom. The normalized spacial score (nSPS) is 18.9. The van der Waals surface area contributed by atoms with Crippen LogP contribution in [0.1, 0.15) is 25.8 Å². The molecule has 1 amide bonds. The van der Waals surface area contributed by atoms with Gasteiger partial charge in [0.25, 0.3) is 5.91 Å². The van der Waals surface area contributed by atoms with Crippen LogP contribution in [0.2, 0.25) is 0 Å². The summed E-state index contributed by atoms with van der Waals surface area (Å²) in [7, 11) is 1.37. The van der Waals surface area contributed by atoms with Crippen molar-refractivity contribution < 1.29 is 23.4 Å². The van der Waals surface area contributed by atoms with Crippen molar-refractivity contribution in [2.75, 3.05) is 32.2 Å².